The van der Waals surface area contributed by atoms with Gasteiger partial charge in [-0.2, -0.15) is 5.10 Å². The molecule has 0 aromatic heterocycles. The second-order valence-corrected chi connectivity index (χ2v) is 6.63. The lowest BCUT2D eigenvalue weighted by atomic mass is 9.92. The molecule has 1 heterocycles. The fraction of sp³-hybridized carbons (Fsp3) is 0.227. The summed E-state index contributed by atoms with van der Waals surface area (Å²) in [5, 5.41) is 27.5. The van der Waals surface area contributed by atoms with Crippen molar-refractivity contribution in [2.75, 3.05) is 6.54 Å². The van der Waals surface area contributed by atoms with E-state index < -0.39 is 18.4 Å². The predicted octanol–water partition coefficient (Wildman–Crippen LogP) is 2.72. The number of hydrogen-bond donors (Lipinski definition) is 3. The summed E-state index contributed by atoms with van der Waals surface area (Å²) in [7, 11) is 0. The summed E-state index contributed by atoms with van der Waals surface area (Å²) >= 11 is 0. The summed E-state index contributed by atoms with van der Waals surface area (Å²) in [5.74, 6) is -2.06. The maximum Gasteiger partial charge on any atom is 0.322 e. The van der Waals surface area contributed by atoms with E-state index in [-0.39, 0.29) is 11.5 Å². The van der Waals surface area contributed by atoms with E-state index >= 15 is 0 Å². The molecule has 0 saturated carbocycles. The van der Waals surface area contributed by atoms with Crippen molar-refractivity contribution in [3.63, 3.8) is 0 Å². The topological polar surface area (TPSA) is 102 Å². The summed E-state index contributed by atoms with van der Waals surface area (Å²) in [5.41, 5.74) is 3.70. The van der Waals surface area contributed by atoms with E-state index in [1.54, 1.807) is 13.0 Å². The Morgan fingerprint density at radius 1 is 1.14 bits per heavy atom. The number of aryl methyl sites for hydroxylation is 2. The first-order valence-corrected chi connectivity index (χ1v) is 9.35. The number of benzene rings is 2. The fourth-order valence-corrected chi connectivity index (χ4v) is 3.38. The van der Waals surface area contributed by atoms with E-state index in [1.165, 1.54) is 16.8 Å². The fourth-order valence-electron chi connectivity index (χ4n) is 3.38. The standard InChI is InChI=1S/C22H23N3O4/c1-2-24-25-14-18-16(12-11-15-7-4-3-5-8-15)9-6-10-17(18)21(28)20(25)22(29)23-13-19(26)27/h2-10,28H,11-14H2,1H3,(H,23,29)(H,26,27)/b24-2-. The minimum absolute atomic E-state index is 0.0583. The zero-order chi connectivity index (χ0) is 20.8. The zero-order valence-electron chi connectivity index (χ0n) is 16.1. The quantitative estimate of drug-likeness (QED) is 0.628. The molecule has 1 aliphatic rings. The third kappa shape index (κ3) is 4.63. The van der Waals surface area contributed by atoms with Crippen LogP contribution in [0, 0.1) is 0 Å². The van der Waals surface area contributed by atoms with Gasteiger partial charge in [0, 0.05) is 11.8 Å². The Kier molecular flexibility index (Phi) is 6.29. The summed E-state index contributed by atoms with van der Waals surface area (Å²) in [4.78, 5) is 23.3. The number of hydrogen-bond acceptors (Lipinski definition) is 5. The van der Waals surface area contributed by atoms with Gasteiger partial charge in [0.2, 0.25) is 0 Å². The Morgan fingerprint density at radius 2 is 1.90 bits per heavy atom. The number of carbonyl (C=O) groups excluding carboxylic acids is 1. The monoisotopic (exact) mass is 393 g/mol. The molecule has 0 radical (unpaired) electrons. The molecular formula is C22H23N3O4. The van der Waals surface area contributed by atoms with Gasteiger partial charge in [0.25, 0.3) is 5.91 Å². The van der Waals surface area contributed by atoms with Crippen LogP contribution < -0.4 is 5.32 Å². The number of amides is 1. The van der Waals surface area contributed by atoms with Crippen molar-refractivity contribution < 1.29 is 19.8 Å². The molecule has 3 N–H and O–H groups in total. The van der Waals surface area contributed by atoms with Gasteiger partial charge in [0.15, 0.2) is 11.5 Å². The van der Waals surface area contributed by atoms with Crippen LogP contribution in [0.25, 0.3) is 5.76 Å². The van der Waals surface area contributed by atoms with E-state index in [2.05, 4.69) is 22.6 Å². The summed E-state index contributed by atoms with van der Waals surface area (Å²) < 4.78 is 0. The average Bonchev–Trinajstić information content (AvgIpc) is 2.72. The van der Waals surface area contributed by atoms with Crippen LogP contribution in [0.15, 0.2) is 59.3 Å². The third-order valence-corrected chi connectivity index (χ3v) is 4.71. The second kappa shape index (κ2) is 9.05. The molecule has 1 aliphatic heterocycles. The van der Waals surface area contributed by atoms with Crippen LogP contribution in [0.1, 0.15) is 29.2 Å². The molecule has 2 aromatic rings. The molecular weight excluding hydrogens is 370 g/mol. The summed E-state index contributed by atoms with van der Waals surface area (Å²) in [6.07, 6.45) is 3.16. The SMILES string of the molecule is C/C=N\N1Cc2c(CCc3ccccc3)cccc2C(O)=C1C(=O)NCC(=O)O. The van der Waals surface area contributed by atoms with Gasteiger partial charge in [-0.3, -0.25) is 14.6 Å². The summed E-state index contributed by atoms with van der Waals surface area (Å²) in [6, 6.07) is 15.8. The van der Waals surface area contributed by atoms with Crippen molar-refractivity contribution in [2.45, 2.75) is 26.3 Å². The molecule has 2 aromatic carbocycles. The molecule has 29 heavy (non-hydrogen) atoms. The highest BCUT2D eigenvalue weighted by Gasteiger charge is 2.30. The first-order valence-electron chi connectivity index (χ1n) is 9.35. The van der Waals surface area contributed by atoms with E-state index in [1.807, 2.05) is 30.3 Å². The molecule has 0 atom stereocenters. The molecule has 7 heteroatoms. The number of carboxylic acid groups (broad SMARTS) is 1. The van der Waals surface area contributed by atoms with E-state index in [4.69, 9.17) is 5.11 Å². The molecule has 3 rings (SSSR count). The number of carbonyl (C=O) groups is 2. The lowest BCUT2D eigenvalue weighted by molar-refractivity contribution is -0.137. The van der Waals surface area contributed by atoms with E-state index in [9.17, 15) is 14.7 Å². The molecule has 150 valence electrons. The van der Waals surface area contributed by atoms with Gasteiger partial charge in [0.05, 0.1) is 6.54 Å². The number of nitrogens with zero attached hydrogens (tertiary/aromatic N) is 2. The van der Waals surface area contributed by atoms with Crippen LogP contribution in [-0.4, -0.2) is 39.9 Å². The normalized spacial score (nSPS) is 13.5. The maximum absolute atomic E-state index is 12.5. The summed E-state index contributed by atoms with van der Waals surface area (Å²) in [6.45, 7) is 1.48. The molecule has 0 aliphatic carbocycles. The van der Waals surface area contributed by atoms with Crippen LogP contribution in [0.2, 0.25) is 0 Å². The predicted molar refractivity (Wildman–Crippen MR) is 110 cm³/mol. The first kappa shape index (κ1) is 20.1. The average molecular weight is 393 g/mol. The van der Waals surface area contributed by atoms with Crippen molar-refractivity contribution in [1.29, 1.82) is 0 Å². The Labute approximate surface area is 169 Å². The van der Waals surface area contributed by atoms with E-state index in [0.29, 0.717) is 12.1 Å². The van der Waals surface area contributed by atoms with Crippen LogP contribution in [0.3, 0.4) is 0 Å². The third-order valence-electron chi connectivity index (χ3n) is 4.71. The Balaban J connectivity index is 1.94. The molecule has 1 amide bonds. The van der Waals surface area contributed by atoms with Crippen LogP contribution >= 0.6 is 0 Å². The number of rotatable bonds is 7. The van der Waals surface area contributed by atoms with E-state index in [0.717, 1.165) is 24.0 Å². The van der Waals surface area contributed by atoms with Crippen LogP contribution in [0.4, 0.5) is 0 Å². The van der Waals surface area contributed by atoms with Crippen molar-refractivity contribution >= 4 is 23.9 Å². The largest absolute Gasteiger partial charge is 0.505 e. The molecule has 0 fully saturated rings. The van der Waals surface area contributed by atoms with Gasteiger partial charge in [-0.1, -0.05) is 48.5 Å². The number of aliphatic hydroxyl groups excluding tert-OH is 1. The molecule has 0 spiro atoms. The number of carboxylic acids is 1. The Morgan fingerprint density at radius 3 is 2.59 bits per heavy atom. The van der Waals surface area contributed by atoms with Crippen molar-refractivity contribution in [3.8, 4) is 0 Å². The van der Waals surface area contributed by atoms with Gasteiger partial charge in [-0.15, -0.1) is 0 Å². The number of nitrogens with one attached hydrogen (secondary N) is 1. The highest BCUT2D eigenvalue weighted by atomic mass is 16.4. The minimum atomic E-state index is -1.16. The number of aliphatic hydroxyl groups is 1. The van der Waals surface area contributed by atoms with Crippen molar-refractivity contribution in [2.24, 2.45) is 5.10 Å². The number of aliphatic carboxylic acids is 1. The van der Waals surface area contributed by atoms with Gasteiger partial charge >= 0.3 is 5.97 Å². The second-order valence-electron chi connectivity index (χ2n) is 6.63. The number of hydrazone groups is 1. The molecule has 0 unspecified atom stereocenters. The van der Waals surface area contributed by atoms with Crippen LogP contribution in [0.5, 0.6) is 0 Å². The highest BCUT2D eigenvalue weighted by molar-refractivity contribution is 6.01. The molecule has 0 bridgehead atoms. The first-order chi connectivity index (χ1) is 14.0. The van der Waals surface area contributed by atoms with Gasteiger partial charge in [-0.25, -0.2) is 0 Å². The smallest absolute Gasteiger partial charge is 0.322 e. The van der Waals surface area contributed by atoms with Gasteiger partial charge in [0.1, 0.15) is 6.54 Å². The van der Waals surface area contributed by atoms with Gasteiger partial charge < -0.3 is 15.5 Å². The molecule has 7 nitrogen and oxygen atoms in total. The van der Waals surface area contributed by atoms with Crippen LogP contribution in [-0.2, 0) is 29.0 Å². The van der Waals surface area contributed by atoms with Crippen molar-refractivity contribution in [1.82, 2.24) is 10.3 Å². The number of fused-ring (bicyclic) bond motifs is 1. The molecule has 0 saturated heterocycles. The van der Waals surface area contributed by atoms with Gasteiger partial charge in [-0.05, 0) is 36.5 Å². The highest BCUT2D eigenvalue weighted by Crippen LogP contribution is 2.33. The maximum atomic E-state index is 12.5. The lowest BCUT2D eigenvalue weighted by Gasteiger charge is -2.29. The van der Waals surface area contributed by atoms with Crippen molar-refractivity contribution in [3.05, 3.63) is 76.5 Å². The zero-order valence-corrected chi connectivity index (χ0v) is 16.1. The Hall–Kier alpha value is -3.61. The Bertz CT molecular complexity index is 967. The lowest BCUT2D eigenvalue weighted by Crippen LogP contribution is -2.38. The minimum Gasteiger partial charge on any atom is -0.505 e.